The zero-order valence-electron chi connectivity index (χ0n) is 21.8. The normalized spacial score (nSPS) is 15.9. The molecule has 8 nitrogen and oxygen atoms in total. The van der Waals surface area contributed by atoms with Gasteiger partial charge < -0.3 is 20.5 Å². The molecule has 2 atom stereocenters. The number of hydrogen-bond acceptors (Lipinski definition) is 7. The van der Waals surface area contributed by atoms with Gasteiger partial charge in [-0.1, -0.05) is 26.8 Å². The molecule has 0 aliphatic heterocycles. The minimum Gasteiger partial charge on any atom is -0.481 e. The number of hydrogen-bond donors (Lipinski definition) is 3. The molecule has 2 aromatic rings. The molecule has 0 fully saturated rings. The molecule has 0 bridgehead atoms. The fourth-order valence-corrected chi connectivity index (χ4v) is 6.54. The van der Waals surface area contributed by atoms with E-state index in [-0.39, 0.29) is 30.1 Å². The lowest BCUT2D eigenvalue weighted by molar-refractivity contribution is -0.138. The predicted octanol–water partition coefficient (Wildman–Crippen LogP) is 5.61. The summed E-state index contributed by atoms with van der Waals surface area (Å²) < 4.78 is 5.05. The van der Waals surface area contributed by atoms with Gasteiger partial charge in [0.25, 0.3) is 0 Å². The van der Waals surface area contributed by atoms with E-state index in [0.717, 1.165) is 34.6 Å². The van der Waals surface area contributed by atoms with Crippen LogP contribution in [0.1, 0.15) is 67.8 Å². The lowest BCUT2D eigenvalue weighted by atomic mass is 9.72. The Morgan fingerprint density at radius 2 is 1.92 bits per heavy atom. The van der Waals surface area contributed by atoms with E-state index < -0.39 is 17.2 Å². The second-order valence-corrected chi connectivity index (χ2v) is 12.7. The molecule has 0 spiro atoms. The molecule has 0 saturated carbocycles. The number of anilines is 2. The number of carbonyl (C=O) groups excluding carboxylic acids is 3. The Kier molecular flexibility index (Phi) is 9.41. The third kappa shape index (κ3) is 7.58. The van der Waals surface area contributed by atoms with E-state index in [0.29, 0.717) is 22.2 Å². The van der Waals surface area contributed by atoms with Gasteiger partial charge in [0, 0.05) is 21.9 Å². The molecule has 3 N–H and O–H groups in total. The lowest BCUT2D eigenvalue weighted by Gasteiger charge is -2.33. The summed E-state index contributed by atoms with van der Waals surface area (Å²) >= 11 is 2.78. The summed E-state index contributed by atoms with van der Waals surface area (Å²) in [5, 5.41) is 14.4. The number of thiophene rings is 1. The molecule has 2 unspecified atom stereocenters. The standard InChI is InChI=1S/C27H34N2O6S2/c1-15(36-18-8-6-7-17(14-18)28-21(30)11-12-22(31)32)24(33)29-25-23(26(34)35-5)19-10-9-16(27(2,3)4)13-20(19)37-25/h6-8,14-16H,9-13H2,1-5H3,(H,28,30)(H,29,33)(H,31,32). The molecule has 1 aromatic heterocycles. The van der Waals surface area contributed by atoms with Crippen molar-refractivity contribution >= 4 is 57.5 Å². The topological polar surface area (TPSA) is 122 Å². The van der Waals surface area contributed by atoms with Crippen LogP contribution in [-0.2, 0) is 32.0 Å². The fourth-order valence-electron chi connectivity index (χ4n) is 4.29. The highest BCUT2D eigenvalue weighted by Crippen LogP contribution is 2.44. The second-order valence-electron chi connectivity index (χ2n) is 10.2. The van der Waals surface area contributed by atoms with Crippen molar-refractivity contribution in [3.8, 4) is 0 Å². The molecule has 3 rings (SSSR count). The molecular formula is C27H34N2O6S2. The first-order valence-corrected chi connectivity index (χ1v) is 13.9. The molecule has 1 aliphatic rings. The van der Waals surface area contributed by atoms with Crippen LogP contribution < -0.4 is 10.6 Å². The smallest absolute Gasteiger partial charge is 0.341 e. The SMILES string of the molecule is COC(=O)c1c(NC(=O)C(C)Sc2cccc(NC(=O)CCC(=O)O)c2)sc2c1CCC(C(C)(C)C)C2. The average molecular weight is 547 g/mol. The van der Waals surface area contributed by atoms with Gasteiger partial charge >= 0.3 is 11.9 Å². The van der Waals surface area contributed by atoms with E-state index in [1.807, 2.05) is 6.07 Å². The first-order chi connectivity index (χ1) is 17.4. The number of carbonyl (C=O) groups is 4. The number of rotatable bonds is 9. The minimum atomic E-state index is -1.03. The number of carboxylic acid groups (broad SMARTS) is 1. The maximum atomic E-state index is 13.1. The van der Waals surface area contributed by atoms with Gasteiger partial charge in [-0.3, -0.25) is 14.4 Å². The predicted molar refractivity (Wildman–Crippen MR) is 147 cm³/mol. The van der Waals surface area contributed by atoms with E-state index in [1.165, 1.54) is 30.2 Å². The highest BCUT2D eigenvalue weighted by atomic mass is 32.2. The number of methoxy groups -OCH3 is 1. The van der Waals surface area contributed by atoms with Crippen LogP contribution in [0.25, 0.3) is 0 Å². The van der Waals surface area contributed by atoms with Crippen LogP contribution in [0.3, 0.4) is 0 Å². The third-order valence-corrected chi connectivity index (χ3v) is 8.75. The van der Waals surface area contributed by atoms with Crippen molar-refractivity contribution in [3.05, 3.63) is 40.3 Å². The van der Waals surface area contributed by atoms with Crippen LogP contribution >= 0.6 is 23.1 Å². The van der Waals surface area contributed by atoms with Crippen LogP contribution in [0.4, 0.5) is 10.7 Å². The fraction of sp³-hybridized carbons (Fsp3) is 0.481. The summed E-state index contributed by atoms with van der Waals surface area (Å²) in [7, 11) is 1.35. The Hall–Kier alpha value is -2.85. The van der Waals surface area contributed by atoms with Gasteiger partial charge in [0.15, 0.2) is 0 Å². The van der Waals surface area contributed by atoms with Gasteiger partial charge in [-0.15, -0.1) is 23.1 Å². The van der Waals surface area contributed by atoms with Crippen molar-refractivity contribution < 1.29 is 29.0 Å². The second kappa shape index (κ2) is 12.1. The Labute approximate surface area is 225 Å². The van der Waals surface area contributed by atoms with Crippen molar-refractivity contribution in [2.45, 2.75) is 69.9 Å². The zero-order chi connectivity index (χ0) is 27.3. The summed E-state index contributed by atoms with van der Waals surface area (Å²) in [5.74, 6) is -1.60. The number of aliphatic carboxylic acids is 1. The highest BCUT2D eigenvalue weighted by molar-refractivity contribution is 8.00. The molecule has 1 aromatic carbocycles. The van der Waals surface area contributed by atoms with E-state index in [1.54, 1.807) is 25.1 Å². The summed E-state index contributed by atoms with van der Waals surface area (Å²) in [6, 6.07) is 7.03. The average Bonchev–Trinajstić information content (AvgIpc) is 3.18. The number of fused-ring (bicyclic) bond motifs is 1. The van der Waals surface area contributed by atoms with Crippen LogP contribution in [0, 0.1) is 11.3 Å². The van der Waals surface area contributed by atoms with Gasteiger partial charge in [-0.2, -0.15) is 0 Å². The largest absolute Gasteiger partial charge is 0.481 e. The Morgan fingerprint density at radius 3 is 2.57 bits per heavy atom. The van der Waals surface area contributed by atoms with Crippen LogP contribution in [-0.4, -0.2) is 41.2 Å². The minimum absolute atomic E-state index is 0.116. The first-order valence-electron chi connectivity index (χ1n) is 12.2. The Morgan fingerprint density at radius 1 is 1.19 bits per heavy atom. The number of thioether (sulfide) groups is 1. The van der Waals surface area contributed by atoms with Crippen LogP contribution in [0.5, 0.6) is 0 Å². The number of benzene rings is 1. The number of amides is 2. The van der Waals surface area contributed by atoms with Crippen molar-refractivity contribution in [1.82, 2.24) is 0 Å². The maximum Gasteiger partial charge on any atom is 0.341 e. The number of ether oxygens (including phenoxy) is 1. The maximum absolute atomic E-state index is 13.1. The van der Waals surface area contributed by atoms with Gasteiger partial charge in [-0.25, -0.2) is 4.79 Å². The number of esters is 1. The summed E-state index contributed by atoms with van der Waals surface area (Å²) in [6.07, 6.45) is 2.28. The Bertz CT molecular complexity index is 1180. The quantitative estimate of drug-likeness (QED) is 0.276. The molecule has 0 saturated heterocycles. The monoisotopic (exact) mass is 546 g/mol. The lowest BCUT2D eigenvalue weighted by Crippen LogP contribution is -2.26. The van der Waals surface area contributed by atoms with Crippen molar-refractivity contribution in [2.24, 2.45) is 11.3 Å². The summed E-state index contributed by atoms with van der Waals surface area (Å²) in [6.45, 7) is 8.47. The summed E-state index contributed by atoms with van der Waals surface area (Å²) in [5.41, 5.74) is 2.14. The molecule has 1 aliphatic carbocycles. The molecule has 1 heterocycles. The van der Waals surface area contributed by atoms with E-state index in [2.05, 4.69) is 31.4 Å². The van der Waals surface area contributed by atoms with E-state index in [9.17, 15) is 19.2 Å². The van der Waals surface area contributed by atoms with Gasteiger partial charge in [0.2, 0.25) is 11.8 Å². The molecule has 2 amide bonds. The number of nitrogens with one attached hydrogen (secondary N) is 2. The van der Waals surface area contributed by atoms with Gasteiger partial charge in [0.05, 0.1) is 24.3 Å². The molecular weight excluding hydrogens is 512 g/mol. The molecule has 200 valence electrons. The van der Waals surface area contributed by atoms with E-state index in [4.69, 9.17) is 9.84 Å². The molecule has 10 heteroatoms. The zero-order valence-corrected chi connectivity index (χ0v) is 23.4. The van der Waals surface area contributed by atoms with Gasteiger partial charge in [0.1, 0.15) is 5.00 Å². The van der Waals surface area contributed by atoms with Crippen LogP contribution in [0.15, 0.2) is 29.2 Å². The molecule has 37 heavy (non-hydrogen) atoms. The van der Waals surface area contributed by atoms with Crippen LogP contribution in [0.2, 0.25) is 0 Å². The first kappa shape index (κ1) is 28.7. The highest BCUT2D eigenvalue weighted by Gasteiger charge is 2.34. The van der Waals surface area contributed by atoms with E-state index >= 15 is 0 Å². The molecule has 0 radical (unpaired) electrons. The third-order valence-electron chi connectivity index (χ3n) is 6.48. The van der Waals surface area contributed by atoms with Crippen molar-refractivity contribution in [2.75, 3.05) is 17.7 Å². The summed E-state index contributed by atoms with van der Waals surface area (Å²) in [4.78, 5) is 50.3. The van der Waals surface area contributed by atoms with Crippen molar-refractivity contribution in [3.63, 3.8) is 0 Å². The van der Waals surface area contributed by atoms with Crippen molar-refractivity contribution in [1.29, 1.82) is 0 Å². The Balaban J connectivity index is 1.71. The van der Waals surface area contributed by atoms with Gasteiger partial charge in [-0.05, 0) is 61.3 Å². The number of carboxylic acids is 1.